The molecule has 74 valence electrons. The number of nitrogens with two attached hydrogens (primary N) is 1. The summed E-state index contributed by atoms with van der Waals surface area (Å²) in [6, 6.07) is 0. The van der Waals surface area contributed by atoms with E-state index in [1.165, 1.54) is 0 Å². The maximum absolute atomic E-state index is 10.7. The lowest BCUT2D eigenvalue weighted by Gasteiger charge is -2.02. The molecule has 13 heavy (non-hydrogen) atoms. The molecule has 0 spiro atoms. The average molecular weight is 206 g/mol. The molecule has 0 aliphatic rings. The molecule has 0 aromatic rings. The molecule has 3 N–H and O–H groups in total. The highest BCUT2D eigenvalue weighted by atomic mass is 32.1. The maximum Gasteiger partial charge on any atom is 0.333 e. The molecule has 6 nitrogen and oxygen atoms in total. The number of esters is 2. The molecule has 7 heteroatoms. The standard InChI is InChI=1S/C6H10N2O4S/c7-1-5(10)12-6(11)2-8-4(9)3-13/h13H,1-3,7H2,(H,8,9). The number of amides is 1. The lowest BCUT2D eigenvalue weighted by atomic mass is 10.6. The molecule has 0 aromatic carbocycles. The van der Waals surface area contributed by atoms with E-state index in [2.05, 4.69) is 22.7 Å². The topological polar surface area (TPSA) is 98.5 Å². The summed E-state index contributed by atoms with van der Waals surface area (Å²) in [6.07, 6.45) is 0. The Kier molecular flexibility index (Phi) is 5.90. The lowest BCUT2D eigenvalue weighted by molar-refractivity contribution is -0.158. The van der Waals surface area contributed by atoms with Gasteiger partial charge in [0.2, 0.25) is 5.91 Å². The summed E-state index contributed by atoms with van der Waals surface area (Å²) in [4.78, 5) is 31.7. The predicted octanol–water partition coefficient (Wildman–Crippen LogP) is -1.94. The fraction of sp³-hybridized carbons (Fsp3) is 0.500. The second kappa shape index (κ2) is 6.44. The number of rotatable bonds is 4. The van der Waals surface area contributed by atoms with Crippen LogP contribution in [0.2, 0.25) is 0 Å². The number of nitrogens with one attached hydrogen (secondary N) is 1. The normalized spacial score (nSPS) is 9.08. The third-order valence-corrected chi connectivity index (χ3v) is 1.26. The first-order chi connectivity index (χ1) is 6.10. The van der Waals surface area contributed by atoms with E-state index >= 15 is 0 Å². The van der Waals surface area contributed by atoms with Gasteiger partial charge in [-0.1, -0.05) is 0 Å². The van der Waals surface area contributed by atoms with Crippen LogP contribution in [0.4, 0.5) is 0 Å². The van der Waals surface area contributed by atoms with Gasteiger partial charge < -0.3 is 15.8 Å². The molecular formula is C6H10N2O4S. The van der Waals surface area contributed by atoms with E-state index in [1.54, 1.807) is 0 Å². The van der Waals surface area contributed by atoms with Crippen LogP contribution in [0.3, 0.4) is 0 Å². The van der Waals surface area contributed by atoms with Gasteiger partial charge in [-0.2, -0.15) is 12.6 Å². The van der Waals surface area contributed by atoms with Crippen molar-refractivity contribution in [2.45, 2.75) is 0 Å². The van der Waals surface area contributed by atoms with Crippen molar-refractivity contribution in [3.8, 4) is 0 Å². The molecule has 0 saturated heterocycles. The Bertz CT molecular complexity index is 219. The SMILES string of the molecule is NCC(=O)OC(=O)CNC(=O)CS. The molecule has 0 atom stereocenters. The number of hydrogen-bond acceptors (Lipinski definition) is 6. The number of thiol groups is 1. The van der Waals surface area contributed by atoms with Crippen molar-refractivity contribution in [2.24, 2.45) is 5.73 Å². The van der Waals surface area contributed by atoms with Gasteiger partial charge in [-0.15, -0.1) is 0 Å². The van der Waals surface area contributed by atoms with E-state index in [9.17, 15) is 14.4 Å². The van der Waals surface area contributed by atoms with Gasteiger partial charge in [-0.05, 0) is 0 Å². The summed E-state index contributed by atoms with van der Waals surface area (Å²) in [7, 11) is 0. The summed E-state index contributed by atoms with van der Waals surface area (Å²) in [5, 5.41) is 2.18. The minimum absolute atomic E-state index is 0.0296. The van der Waals surface area contributed by atoms with Gasteiger partial charge >= 0.3 is 11.9 Å². The Labute approximate surface area is 80.2 Å². The van der Waals surface area contributed by atoms with E-state index in [0.29, 0.717) is 0 Å². The van der Waals surface area contributed by atoms with Crippen molar-refractivity contribution in [2.75, 3.05) is 18.8 Å². The Balaban J connectivity index is 3.63. The van der Waals surface area contributed by atoms with Gasteiger partial charge in [0.15, 0.2) is 0 Å². The van der Waals surface area contributed by atoms with E-state index in [-0.39, 0.29) is 18.8 Å². The number of carbonyl (C=O) groups is 3. The minimum atomic E-state index is -0.842. The largest absolute Gasteiger partial charge is 0.391 e. The smallest absolute Gasteiger partial charge is 0.333 e. The highest BCUT2D eigenvalue weighted by molar-refractivity contribution is 7.81. The zero-order valence-electron chi connectivity index (χ0n) is 6.78. The number of carbonyl (C=O) groups excluding carboxylic acids is 3. The second-order valence-electron chi connectivity index (χ2n) is 1.99. The van der Waals surface area contributed by atoms with Crippen LogP contribution in [0.25, 0.3) is 0 Å². The van der Waals surface area contributed by atoms with Crippen LogP contribution in [-0.2, 0) is 19.1 Å². The van der Waals surface area contributed by atoms with Crippen LogP contribution in [0.1, 0.15) is 0 Å². The highest BCUT2D eigenvalue weighted by Gasteiger charge is 2.09. The summed E-state index contributed by atoms with van der Waals surface area (Å²) < 4.78 is 4.15. The van der Waals surface area contributed by atoms with E-state index in [4.69, 9.17) is 5.73 Å². The monoisotopic (exact) mass is 206 g/mol. The van der Waals surface area contributed by atoms with Crippen LogP contribution >= 0.6 is 12.6 Å². The Morgan fingerprint density at radius 1 is 1.31 bits per heavy atom. The molecule has 0 unspecified atom stereocenters. The molecular weight excluding hydrogens is 196 g/mol. The van der Waals surface area contributed by atoms with E-state index in [0.717, 1.165) is 0 Å². The molecule has 0 bridgehead atoms. The van der Waals surface area contributed by atoms with Gasteiger partial charge in [0.1, 0.15) is 6.54 Å². The maximum atomic E-state index is 10.7. The first-order valence-corrected chi connectivity index (χ1v) is 4.04. The highest BCUT2D eigenvalue weighted by Crippen LogP contribution is 1.79. The lowest BCUT2D eigenvalue weighted by Crippen LogP contribution is -2.33. The van der Waals surface area contributed by atoms with Crippen LogP contribution < -0.4 is 11.1 Å². The molecule has 0 saturated carbocycles. The van der Waals surface area contributed by atoms with Gasteiger partial charge in [0.25, 0.3) is 0 Å². The number of ether oxygens (including phenoxy) is 1. The number of hydrogen-bond donors (Lipinski definition) is 3. The Morgan fingerprint density at radius 3 is 2.38 bits per heavy atom. The van der Waals surface area contributed by atoms with Crippen molar-refractivity contribution >= 4 is 30.5 Å². The molecule has 0 heterocycles. The predicted molar refractivity (Wildman–Crippen MR) is 47.0 cm³/mol. The Morgan fingerprint density at radius 2 is 1.92 bits per heavy atom. The summed E-state index contributed by atoms with van der Waals surface area (Å²) in [5.41, 5.74) is 4.88. The zero-order chi connectivity index (χ0) is 10.3. The van der Waals surface area contributed by atoms with Crippen molar-refractivity contribution < 1.29 is 19.1 Å². The van der Waals surface area contributed by atoms with Crippen molar-refractivity contribution in [3.05, 3.63) is 0 Å². The zero-order valence-corrected chi connectivity index (χ0v) is 7.67. The quantitative estimate of drug-likeness (QED) is 0.282. The molecule has 0 fully saturated rings. The van der Waals surface area contributed by atoms with Crippen molar-refractivity contribution in [1.82, 2.24) is 5.32 Å². The minimum Gasteiger partial charge on any atom is -0.391 e. The fourth-order valence-corrected chi connectivity index (χ4v) is 0.543. The molecule has 0 aliphatic carbocycles. The molecule has 1 amide bonds. The molecule has 0 aliphatic heterocycles. The van der Waals surface area contributed by atoms with Gasteiger partial charge in [0.05, 0.1) is 12.3 Å². The van der Waals surface area contributed by atoms with Gasteiger partial charge in [0, 0.05) is 0 Å². The summed E-state index contributed by atoms with van der Waals surface area (Å²) >= 11 is 3.66. The first kappa shape index (κ1) is 11.9. The van der Waals surface area contributed by atoms with Crippen molar-refractivity contribution in [1.29, 1.82) is 0 Å². The van der Waals surface area contributed by atoms with Crippen molar-refractivity contribution in [3.63, 3.8) is 0 Å². The third-order valence-electron chi connectivity index (χ3n) is 0.968. The second-order valence-corrected chi connectivity index (χ2v) is 2.30. The summed E-state index contributed by atoms with van der Waals surface area (Å²) in [5.74, 6) is -2.12. The molecule has 0 rings (SSSR count). The first-order valence-electron chi connectivity index (χ1n) is 3.41. The van der Waals surface area contributed by atoms with Gasteiger partial charge in [-0.3, -0.25) is 9.59 Å². The van der Waals surface area contributed by atoms with E-state index < -0.39 is 17.8 Å². The van der Waals surface area contributed by atoms with Crippen LogP contribution in [0.15, 0.2) is 0 Å². The Hall–Kier alpha value is -1.08. The van der Waals surface area contributed by atoms with Crippen LogP contribution in [0.5, 0.6) is 0 Å². The fourth-order valence-electron chi connectivity index (χ4n) is 0.431. The summed E-state index contributed by atoms with van der Waals surface area (Å²) in [6.45, 7) is -0.725. The van der Waals surface area contributed by atoms with Crippen LogP contribution in [0, 0.1) is 0 Å². The van der Waals surface area contributed by atoms with Crippen LogP contribution in [-0.4, -0.2) is 36.7 Å². The van der Waals surface area contributed by atoms with E-state index in [1.807, 2.05) is 0 Å². The van der Waals surface area contributed by atoms with Gasteiger partial charge in [-0.25, -0.2) is 4.79 Å². The molecule has 0 radical (unpaired) electrons. The molecule has 0 aromatic heterocycles. The third kappa shape index (κ3) is 6.12. The average Bonchev–Trinajstić information content (AvgIpc) is 2.13.